The lowest BCUT2D eigenvalue weighted by Crippen LogP contribution is -2.64. The molecule has 0 bridgehead atoms. The van der Waals surface area contributed by atoms with E-state index in [2.05, 4.69) is 27.1 Å². The number of rotatable bonds is 8. The maximum Gasteiger partial charge on any atom is 0.315 e. The number of unbranched alkanes of at least 4 members (excludes halogenated alkanes) is 1. The molecule has 0 aliphatic heterocycles. The monoisotopic (exact) mass is 334 g/mol. The molecule has 1 spiro atoms. The van der Waals surface area contributed by atoms with Crippen LogP contribution in [-0.4, -0.2) is 40.9 Å². The number of hydrogen-bond donors (Lipinski definition) is 2. The Morgan fingerprint density at radius 1 is 1.38 bits per heavy atom. The summed E-state index contributed by atoms with van der Waals surface area (Å²) in [6.07, 6.45) is 13.8. The lowest BCUT2D eigenvalue weighted by Gasteiger charge is -2.53. The van der Waals surface area contributed by atoms with Gasteiger partial charge in [-0.25, -0.2) is 9.78 Å². The van der Waals surface area contributed by atoms with Gasteiger partial charge in [0, 0.05) is 43.5 Å². The standard InChI is InChI=1S/C18H30N4O2/c1-2-24-16-13-15(18(16)7-3-4-8-18)21-17(23)20-9-5-6-11-22-12-10-19-14-22/h10,12,14-16H,2-9,11,13H2,1H3,(H2,20,21,23)/t15-,16-/m1/s1. The van der Waals surface area contributed by atoms with Gasteiger partial charge in [0.05, 0.1) is 12.4 Å². The molecule has 1 aromatic heterocycles. The van der Waals surface area contributed by atoms with Gasteiger partial charge in [0.2, 0.25) is 0 Å². The van der Waals surface area contributed by atoms with Crippen molar-refractivity contribution in [3.8, 4) is 0 Å². The minimum absolute atomic E-state index is 0.0242. The third kappa shape index (κ3) is 3.74. The van der Waals surface area contributed by atoms with E-state index in [0.29, 0.717) is 6.10 Å². The summed E-state index contributed by atoms with van der Waals surface area (Å²) >= 11 is 0. The first-order valence-electron chi connectivity index (χ1n) is 9.36. The number of imidazole rings is 1. The number of aryl methyl sites for hydroxylation is 1. The SMILES string of the molecule is CCO[C@@H]1C[C@@H](NC(=O)NCCCCn2ccnc2)C12CCCC2. The van der Waals surface area contributed by atoms with Crippen LogP contribution in [0.3, 0.4) is 0 Å². The molecule has 6 nitrogen and oxygen atoms in total. The van der Waals surface area contributed by atoms with Crippen molar-refractivity contribution >= 4 is 6.03 Å². The number of hydrogen-bond acceptors (Lipinski definition) is 3. The van der Waals surface area contributed by atoms with Gasteiger partial charge in [-0.2, -0.15) is 0 Å². The first-order chi connectivity index (χ1) is 11.7. The second-order valence-electron chi connectivity index (χ2n) is 7.08. The minimum Gasteiger partial charge on any atom is -0.378 e. The number of ether oxygens (including phenoxy) is 1. The molecule has 1 heterocycles. The summed E-state index contributed by atoms with van der Waals surface area (Å²) < 4.78 is 7.96. The van der Waals surface area contributed by atoms with Crippen LogP contribution < -0.4 is 10.6 Å². The summed E-state index contributed by atoms with van der Waals surface area (Å²) in [6.45, 7) is 4.49. The Balaban J connectivity index is 1.34. The number of urea groups is 1. The van der Waals surface area contributed by atoms with Crippen LogP contribution in [0.4, 0.5) is 4.79 Å². The Hall–Kier alpha value is -1.56. The molecule has 2 atom stereocenters. The summed E-state index contributed by atoms with van der Waals surface area (Å²) in [5.41, 5.74) is 0.203. The molecule has 2 saturated carbocycles. The van der Waals surface area contributed by atoms with Gasteiger partial charge in [-0.15, -0.1) is 0 Å². The summed E-state index contributed by atoms with van der Waals surface area (Å²) in [7, 11) is 0. The fourth-order valence-electron chi connectivity index (χ4n) is 4.34. The fourth-order valence-corrected chi connectivity index (χ4v) is 4.34. The predicted molar refractivity (Wildman–Crippen MR) is 92.7 cm³/mol. The van der Waals surface area contributed by atoms with E-state index in [0.717, 1.165) is 39.0 Å². The molecule has 3 rings (SSSR count). The summed E-state index contributed by atoms with van der Waals surface area (Å²) in [5, 5.41) is 6.20. The molecular weight excluding hydrogens is 304 g/mol. The van der Waals surface area contributed by atoms with E-state index in [-0.39, 0.29) is 17.5 Å². The molecule has 1 aromatic rings. The van der Waals surface area contributed by atoms with Crippen molar-refractivity contribution in [1.29, 1.82) is 0 Å². The van der Waals surface area contributed by atoms with E-state index < -0.39 is 0 Å². The van der Waals surface area contributed by atoms with Crippen LogP contribution in [0.5, 0.6) is 0 Å². The Labute approximate surface area is 144 Å². The average molecular weight is 334 g/mol. The highest BCUT2D eigenvalue weighted by Gasteiger charge is 2.57. The Kier molecular flexibility index (Phi) is 5.76. The topological polar surface area (TPSA) is 68.2 Å². The van der Waals surface area contributed by atoms with Crippen LogP contribution in [-0.2, 0) is 11.3 Å². The van der Waals surface area contributed by atoms with Gasteiger partial charge in [-0.3, -0.25) is 0 Å². The molecule has 2 amide bonds. The van der Waals surface area contributed by atoms with Crippen molar-refractivity contribution in [3.63, 3.8) is 0 Å². The van der Waals surface area contributed by atoms with Gasteiger partial charge in [0.15, 0.2) is 0 Å². The highest BCUT2D eigenvalue weighted by Crippen LogP contribution is 2.54. The smallest absolute Gasteiger partial charge is 0.315 e. The number of carbonyl (C=O) groups is 1. The van der Waals surface area contributed by atoms with E-state index in [1.807, 2.05) is 12.5 Å². The molecular formula is C18H30N4O2. The zero-order valence-electron chi connectivity index (χ0n) is 14.7. The highest BCUT2D eigenvalue weighted by molar-refractivity contribution is 5.74. The third-order valence-corrected chi connectivity index (χ3v) is 5.68. The molecule has 0 saturated heterocycles. The molecule has 24 heavy (non-hydrogen) atoms. The van der Waals surface area contributed by atoms with Crippen molar-refractivity contribution in [2.75, 3.05) is 13.2 Å². The molecule has 2 N–H and O–H groups in total. The van der Waals surface area contributed by atoms with Crippen LogP contribution >= 0.6 is 0 Å². The van der Waals surface area contributed by atoms with E-state index in [1.165, 1.54) is 25.7 Å². The quantitative estimate of drug-likeness (QED) is 0.718. The van der Waals surface area contributed by atoms with Gasteiger partial charge in [0.1, 0.15) is 0 Å². The third-order valence-electron chi connectivity index (χ3n) is 5.68. The van der Waals surface area contributed by atoms with Crippen molar-refractivity contribution in [1.82, 2.24) is 20.2 Å². The first-order valence-corrected chi connectivity index (χ1v) is 9.36. The number of amides is 2. The summed E-state index contributed by atoms with van der Waals surface area (Å²) in [6, 6.07) is 0.256. The average Bonchev–Trinajstić information content (AvgIpc) is 3.26. The Morgan fingerprint density at radius 3 is 2.92 bits per heavy atom. The van der Waals surface area contributed by atoms with Crippen LogP contribution in [0.1, 0.15) is 51.9 Å². The second kappa shape index (κ2) is 8.01. The summed E-state index contributed by atoms with van der Waals surface area (Å²) in [4.78, 5) is 16.2. The molecule has 0 radical (unpaired) electrons. The molecule has 0 unspecified atom stereocenters. The van der Waals surface area contributed by atoms with E-state index in [4.69, 9.17) is 4.74 Å². The largest absolute Gasteiger partial charge is 0.378 e. The van der Waals surface area contributed by atoms with Crippen LogP contribution in [0.2, 0.25) is 0 Å². The molecule has 0 aromatic carbocycles. The highest BCUT2D eigenvalue weighted by atomic mass is 16.5. The lowest BCUT2D eigenvalue weighted by molar-refractivity contribution is -0.126. The van der Waals surface area contributed by atoms with Crippen molar-refractivity contribution in [2.24, 2.45) is 5.41 Å². The van der Waals surface area contributed by atoms with Gasteiger partial charge in [0.25, 0.3) is 0 Å². The Bertz CT molecular complexity index is 511. The van der Waals surface area contributed by atoms with Crippen LogP contribution in [0.25, 0.3) is 0 Å². The van der Waals surface area contributed by atoms with Crippen LogP contribution in [0, 0.1) is 5.41 Å². The zero-order chi connectivity index (χ0) is 16.8. The molecule has 6 heteroatoms. The van der Waals surface area contributed by atoms with Gasteiger partial charge >= 0.3 is 6.03 Å². The normalized spacial score (nSPS) is 24.7. The van der Waals surface area contributed by atoms with Crippen LogP contribution in [0.15, 0.2) is 18.7 Å². The predicted octanol–water partition coefficient (Wildman–Crippen LogP) is 2.70. The molecule has 2 aliphatic carbocycles. The zero-order valence-corrected chi connectivity index (χ0v) is 14.7. The van der Waals surface area contributed by atoms with E-state index in [9.17, 15) is 4.79 Å². The maximum absolute atomic E-state index is 12.2. The van der Waals surface area contributed by atoms with Crippen molar-refractivity contribution in [3.05, 3.63) is 18.7 Å². The number of aromatic nitrogens is 2. The molecule has 134 valence electrons. The second-order valence-corrected chi connectivity index (χ2v) is 7.08. The number of nitrogens with one attached hydrogen (secondary N) is 2. The Morgan fingerprint density at radius 2 is 2.21 bits per heavy atom. The number of carbonyl (C=O) groups excluding carboxylic acids is 1. The fraction of sp³-hybridized carbons (Fsp3) is 0.778. The molecule has 2 aliphatic rings. The van der Waals surface area contributed by atoms with Crippen molar-refractivity contribution in [2.45, 2.75) is 70.6 Å². The van der Waals surface area contributed by atoms with Crippen molar-refractivity contribution < 1.29 is 9.53 Å². The summed E-state index contributed by atoms with van der Waals surface area (Å²) in [5.74, 6) is 0. The van der Waals surface area contributed by atoms with Gasteiger partial charge in [-0.1, -0.05) is 12.8 Å². The van der Waals surface area contributed by atoms with E-state index in [1.54, 1.807) is 6.20 Å². The first kappa shape index (κ1) is 17.3. The number of nitrogens with zero attached hydrogens (tertiary/aromatic N) is 2. The van der Waals surface area contributed by atoms with E-state index >= 15 is 0 Å². The maximum atomic E-state index is 12.2. The van der Waals surface area contributed by atoms with Gasteiger partial charge in [-0.05, 0) is 39.0 Å². The lowest BCUT2D eigenvalue weighted by atomic mass is 9.60. The van der Waals surface area contributed by atoms with Gasteiger partial charge < -0.3 is 19.9 Å². The minimum atomic E-state index is -0.0242. The molecule has 2 fully saturated rings.